The minimum atomic E-state index is -1.27. The van der Waals surface area contributed by atoms with Crippen molar-refractivity contribution in [1.82, 2.24) is 34.5 Å². The number of ether oxygens (including phenoxy) is 1. The number of benzene rings is 2. The summed E-state index contributed by atoms with van der Waals surface area (Å²) in [6.07, 6.45) is 7.36. The van der Waals surface area contributed by atoms with Gasteiger partial charge in [0.05, 0.1) is 47.5 Å². The molecule has 1 saturated carbocycles. The molecule has 3 aromatic heterocycles. The average Bonchev–Trinajstić information content (AvgIpc) is 3.87. The van der Waals surface area contributed by atoms with Crippen LogP contribution in [0.15, 0.2) is 54.9 Å². The maximum absolute atomic E-state index is 15.4. The number of hydrogen-bond donors (Lipinski definition) is 3. The van der Waals surface area contributed by atoms with Gasteiger partial charge >= 0.3 is 6.03 Å². The Morgan fingerprint density at radius 3 is 2.44 bits per heavy atom. The van der Waals surface area contributed by atoms with Gasteiger partial charge < -0.3 is 25.0 Å². The van der Waals surface area contributed by atoms with Gasteiger partial charge in [0, 0.05) is 92.9 Å². The molecular weight excluding hydrogens is 798 g/mol. The number of piperazine rings is 1. The highest BCUT2D eigenvalue weighted by atomic mass is 19.1. The average molecular weight is 846 g/mol. The topological polar surface area (TPSA) is 194 Å². The van der Waals surface area contributed by atoms with E-state index in [1.54, 1.807) is 38.1 Å². The first-order chi connectivity index (χ1) is 29.8. The number of hydrogen-bond acceptors (Lipinski definition) is 11. The Kier molecular flexibility index (Phi) is 10.6. The minimum Gasteiger partial charge on any atom is -0.494 e. The third-order valence-corrected chi connectivity index (χ3v) is 12.8. The number of aliphatic hydroxyl groups is 1. The van der Waals surface area contributed by atoms with Crippen LogP contribution in [0.5, 0.6) is 5.75 Å². The zero-order valence-corrected chi connectivity index (χ0v) is 34.8. The highest BCUT2D eigenvalue weighted by molar-refractivity contribution is 6.07. The summed E-state index contributed by atoms with van der Waals surface area (Å²) in [6, 6.07) is 13.7. The Morgan fingerprint density at radius 1 is 1.00 bits per heavy atom. The molecule has 1 aliphatic carbocycles. The number of imide groups is 1. The number of nitrogens with one attached hydrogen (secondary N) is 2. The van der Waals surface area contributed by atoms with Gasteiger partial charge in [-0.1, -0.05) is 0 Å². The fourth-order valence-corrected chi connectivity index (χ4v) is 9.34. The molecular formula is C44H48FN11O6. The molecule has 3 N–H and O–H groups in total. The van der Waals surface area contributed by atoms with Crippen molar-refractivity contribution >= 4 is 57.2 Å². The number of aromatic nitrogens is 4. The van der Waals surface area contributed by atoms with Gasteiger partial charge in [-0.2, -0.15) is 15.5 Å². The van der Waals surface area contributed by atoms with E-state index in [1.807, 2.05) is 32.8 Å². The van der Waals surface area contributed by atoms with E-state index < -0.39 is 29.3 Å². The van der Waals surface area contributed by atoms with Crippen LogP contribution in [0, 0.1) is 23.1 Å². The monoisotopic (exact) mass is 845 g/mol. The molecule has 62 heavy (non-hydrogen) atoms. The Bertz CT molecular complexity index is 2640. The summed E-state index contributed by atoms with van der Waals surface area (Å²) in [5.74, 6) is -1.36. The predicted octanol–water partition coefficient (Wildman–Crippen LogP) is 4.39. The van der Waals surface area contributed by atoms with Crippen molar-refractivity contribution in [2.24, 2.45) is 5.92 Å². The Hall–Kier alpha value is -6.58. The van der Waals surface area contributed by atoms with Gasteiger partial charge in [-0.15, -0.1) is 0 Å². The van der Waals surface area contributed by atoms with Crippen LogP contribution in [-0.4, -0.2) is 117 Å². The molecule has 9 rings (SSSR count). The predicted molar refractivity (Wildman–Crippen MR) is 226 cm³/mol. The number of nitriles is 1. The standard InChI is InChI=1S/C44H48FN11O6/c1-44(2,61)33-20-35-27(17-36(33)48-41(58)37-9-8-31-16-26(21-46)22-47-56(31)37)25-55(50-35)30-6-4-29(5-7-30)51-12-14-52(15-13-51)42(59)28-23-53(24-28)32-18-34(45)40(38(19-32)62-3)54-11-10-39(57)49-43(54)60/h8-9,16-20,22,25,28-30,61H,4-7,10-15,23-24H2,1-3H3,(H,48,58)(H,49,57,60)/t29-,30-. The summed E-state index contributed by atoms with van der Waals surface area (Å²) in [5.41, 5.74) is 2.33. The van der Waals surface area contributed by atoms with Crippen molar-refractivity contribution in [2.75, 3.05) is 68.0 Å². The molecule has 0 unspecified atom stereocenters. The lowest BCUT2D eigenvalue weighted by Gasteiger charge is -2.45. The molecule has 5 amide bonds. The van der Waals surface area contributed by atoms with Crippen LogP contribution in [0.4, 0.5) is 26.2 Å². The first-order valence-corrected chi connectivity index (χ1v) is 21.0. The minimum absolute atomic E-state index is 0.0184. The van der Waals surface area contributed by atoms with Gasteiger partial charge in [0.25, 0.3) is 5.91 Å². The van der Waals surface area contributed by atoms with Crippen molar-refractivity contribution < 1.29 is 33.4 Å². The van der Waals surface area contributed by atoms with Gasteiger partial charge in [-0.3, -0.25) is 34.2 Å². The number of carbonyl (C=O) groups is 4. The SMILES string of the molecule is COc1cc(N2CC(C(=O)N3CCN([C@H]4CC[C@H](n5cc6cc(NC(=O)c7ccc8cc(C#N)cnn78)c(C(C)(C)O)cc6n5)CC4)CC3)C2)cc(F)c1N1CCC(=O)NC1=O. The molecule has 6 heterocycles. The maximum atomic E-state index is 15.4. The highest BCUT2D eigenvalue weighted by Crippen LogP contribution is 2.40. The summed E-state index contributed by atoms with van der Waals surface area (Å²) >= 11 is 0. The summed E-state index contributed by atoms with van der Waals surface area (Å²) in [7, 11) is 1.40. The molecule has 0 spiro atoms. The molecule has 17 nitrogen and oxygen atoms in total. The zero-order valence-electron chi connectivity index (χ0n) is 34.8. The van der Waals surface area contributed by atoms with Crippen molar-refractivity contribution in [3.8, 4) is 11.8 Å². The van der Waals surface area contributed by atoms with Crippen molar-refractivity contribution in [3.05, 3.63) is 77.5 Å². The molecule has 4 aliphatic rings. The van der Waals surface area contributed by atoms with Gasteiger partial charge in [-0.25, -0.2) is 13.7 Å². The summed E-state index contributed by atoms with van der Waals surface area (Å²) in [4.78, 5) is 58.6. The lowest BCUT2D eigenvalue weighted by atomic mass is 9.89. The van der Waals surface area contributed by atoms with Crippen molar-refractivity contribution in [3.63, 3.8) is 0 Å². The van der Waals surface area contributed by atoms with E-state index in [2.05, 4.69) is 26.7 Å². The molecule has 2 aromatic carbocycles. The maximum Gasteiger partial charge on any atom is 0.328 e. The lowest BCUT2D eigenvalue weighted by molar-refractivity contribution is -0.138. The second kappa shape index (κ2) is 16.0. The van der Waals surface area contributed by atoms with E-state index in [0.717, 1.165) is 49.7 Å². The van der Waals surface area contributed by atoms with Crippen LogP contribution in [0.1, 0.15) is 73.6 Å². The number of urea groups is 1. The Labute approximate surface area is 356 Å². The molecule has 0 radical (unpaired) electrons. The molecule has 4 fully saturated rings. The van der Waals surface area contributed by atoms with Crippen LogP contribution >= 0.6 is 0 Å². The summed E-state index contributed by atoms with van der Waals surface area (Å²) < 4.78 is 24.4. The normalized spacial score (nSPS) is 20.3. The molecule has 5 aromatic rings. The highest BCUT2D eigenvalue weighted by Gasteiger charge is 2.39. The van der Waals surface area contributed by atoms with E-state index in [1.165, 1.54) is 28.8 Å². The van der Waals surface area contributed by atoms with Gasteiger partial charge in [0.1, 0.15) is 23.2 Å². The Balaban J connectivity index is 0.781. The zero-order chi connectivity index (χ0) is 43.4. The smallest absolute Gasteiger partial charge is 0.328 e. The second-order valence-corrected chi connectivity index (χ2v) is 17.1. The van der Waals surface area contributed by atoms with Gasteiger partial charge in [0.2, 0.25) is 11.8 Å². The van der Waals surface area contributed by atoms with E-state index in [-0.39, 0.29) is 42.3 Å². The molecule has 0 atom stereocenters. The van der Waals surface area contributed by atoms with Crippen LogP contribution < -0.4 is 25.2 Å². The van der Waals surface area contributed by atoms with Gasteiger partial charge in [-0.05, 0) is 75.9 Å². The fourth-order valence-electron chi connectivity index (χ4n) is 9.34. The second-order valence-electron chi connectivity index (χ2n) is 17.1. The van der Waals surface area contributed by atoms with Crippen LogP contribution in [0.2, 0.25) is 0 Å². The summed E-state index contributed by atoms with van der Waals surface area (Å²) in [5, 5.41) is 35.6. The van der Waals surface area contributed by atoms with E-state index >= 15 is 4.39 Å². The Morgan fingerprint density at radius 2 is 1.74 bits per heavy atom. The number of amides is 5. The largest absolute Gasteiger partial charge is 0.494 e. The molecule has 18 heteroatoms. The lowest BCUT2D eigenvalue weighted by Crippen LogP contribution is -2.59. The van der Waals surface area contributed by atoms with Crippen LogP contribution in [0.25, 0.3) is 16.4 Å². The first-order valence-electron chi connectivity index (χ1n) is 21.0. The number of anilines is 3. The number of rotatable bonds is 9. The molecule has 0 bridgehead atoms. The van der Waals surface area contributed by atoms with E-state index in [0.29, 0.717) is 65.9 Å². The van der Waals surface area contributed by atoms with Crippen LogP contribution in [0.3, 0.4) is 0 Å². The number of carbonyl (C=O) groups excluding carboxylic acids is 4. The third-order valence-electron chi connectivity index (χ3n) is 12.8. The number of fused-ring (bicyclic) bond motifs is 2. The number of nitrogens with zero attached hydrogens (tertiary/aromatic N) is 9. The number of methoxy groups -OCH3 is 1. The van der Waals surface area contributed by atoms with Crippen LogP contribution in [-0.2, 0) is 15.2 Å². The number of halogens is 1. The fraction of sp³-hybridized carbons (Fsp3) is 0.432. The van der Waals surface area contributed by atoms with E-state index in [4.69, 9.17) is 9.84 Å². The van der Waals surface area contributed by atoms with E-state index in [9.17, 15) is 29.5 Å². The molecule has 322 valence electrons. The van der Waals surface area contributed by atoms with Gasteiger partial charge in [0.15, 0.2) is 5.82 Å². The summed E-state index contributed by atoms with van der Waals surface area (Å²) in [6.45, 7) is 7.20. The molecule has 3 aliphatic heterocycles. The third kappa shape index (κ3) is 7.66. The first kappa shape index (κ1) is 40.8. The molecule has 3 saturated heterocycles. The quantitative estimate of drug-likeness (QED) is 0.191. The van der Waals surface area contributed by atoms with Crippen molar-refractivity contribution in [1.29, 1.82) is 5.26 Å². The van der Waals surface area contributed by atoms with Crippen molar-refractivity contribution in [2.45, 2.75) is 63.6 Å².